The maximum absolute atomic E-state index is 11.2. The van der Waals surface area contributed by atoms with Gasteiger partial charge in [-0.15, -0.1) is 0 Å². The molecule has 5 nitrogen and oxygen atoms in total. The Kier molecular flexibility index (Phi) is 5.14. The second-order valence-electron chi connectivity index (χ2n) is 4.82. The van der Waals surface area contributed by atoms with E-state index in [0.717, 1.165) is 5.56 Å². The Morgan fingerprint density at radius 1 is 1.09 bits per heavy atom. The van der Waals surface area contributed by atoms with E-state index in [-0.39, 0.29) is 0 Å². The number of carbonyl (C=O) groups is 2. The minimum absolute atomic E-state index is 0.392. The first-order valence-electron chi connectivity index (χ1n) is 6.83. The summed E-state index contributed by atoms with van der Waals surface area (Å²) in [5.74, 6) is -0.857. The quantitative estimate of drug-likeness (QED) is 0.859. The average Bonchev–Trinajstić information content (AvgIpc) is 2.52. The number of rotatable bonds is 6. The molecule has 2 N–H and O–H groups in total. The lowest BCUT2D eigenvalue weighted by atomic mass is 10.1. The Labute approximate surface area is 128 Å². The zero-order chi connectivity index (χ0) is 15.9. The predicted octanol–water partition coefficient (Wildman–Crippen LogP) is 2.53. The number of amides is 1. The van der Waals surface area contributed by atoms with Crippen LogP contribution in [0.1, 0.15) is 24.1 Å². The summed E-state index contributed by atoms with van der Waals surface area (Å²) in [7, 11) is 0. The molecule has 0 spiro atoms. The van der Waals surface area contributed by atoms with Crippen molar-refractivity contribution in [2.24, 2.45) is 0 Å². The third kappa shape index (κ3) is 4.34. The summed E-state index contributed by atoms with van der Waals surface area (Å²) in [5, 5.41) is 11.5. The van der Waals surface area contributed by atoms with E-state index in [1.165, 1.54) is 6.92 Å². The summed E-state index contributed by atoms with van der Waals surface area (Å²) in [6.07, 6.45) is 0. The molecule has 0 aliphatic rings. The van der Waals surface area contributed by atoms with Crippen LogP contribution >= 0.6 is 0 Å². The van der Waals surface area contributed by atoms with Gasteiger partial charge in [0, 0.05) is 6.92 Å². The lowest BCUT2D eigenvalue weighted by Crippen LogP contribution is -2.31. The number of carbonyl (C=O) groups excluding carboxylic acids is 1. The van der Waals surface area contributed by atoms with E-state index in [1.807, 2.05) is 30.3 Å². The van der Waals surface area contributed by atoms with E-state index in [2.05, 4.69) is 5.32 Å². The van der Waals surface area contributed by atoms with Gasteiger partial charge in [0.2, 0.25) is 5.91 Å². The van der Waals surface area contributed by atoms with Crippen LogP contribution in [-0.4, -0.2) is 17.0 Å². The highest BCUT2D eigenvalue weighted by Gasteiger charge is 2.20. The Bertz CT molecular complexity index is 637. The topological polar surface area (TPSA) is 75.6 Å². The number of carboxylic acid groups (broad SMARTS) is 1. The van der Waals surface area contributed by atoms with Crippen molar-refractivity contribution >= 4 is 11.9 Å². The Morgan fingerprint density at radius 2 is 1.73 bits per heavy atom. The molecule has 2 rings (SSSR count). The van der Waals surface area contributed by atoms with Gasteiger partial charge in [-0.05, 0) is 23.3 Å². The monoisotopic (exact) mass is 299 g/mol. The smallest absolute Gasteiger partial charge is 0.330 e. The number of hydrogen-bond donors (Lipinski definition) is 2. The molecule has 0 aliphatic heterocycles. The molecule has 0 saturated carbocycles. The molecule has 1 unspecified atom stereocenters. The largest absolute Gasteiger partial charge is 0.489 e. The van der Waals surface area contributed by atoms with E-state index >= 15 is 0 Å². The third-order valence-corrected chi connectivity index (χ3v) is 3.06. The fraction of sp³-hybridized carbons (Fsp3) is 0.176. The second kappa shape index (κ2) is 7.26. The maximum Gasteiger partial charge on any atom is 0.330 e. The molecule has 2 aromatic carbocycles. The van der Waals surface area contributed by atoms with Gasteiger partial charge in [0.1, 0.15) is 12.4 Å². The van der Waals surface area contributed by atoms with E-state index in [0.29, 0.717) is 17.9 Å². The van der Waals surface area contributed by atoms with Crippen LogP contribution in [0.3, 0.4) is 0 Å². The first-order chi connectivity index (χ1) is 10.6. The van der Waals surface area contributed by atoms with Crippen molar-refractivity contribution in [1.29, 1.82) is 0 Å². The van der Waals surface area contributed by atoms with Gasteiger partial charge < -0.3 is 15.2 Å². The summed E-state index contributed by atoms with van der Waals surface area (Å²) < 4.78 is 5.63. The third-order valence-electron chi connectivity index (χ3n) is 3.06. The highest BCUT2D eigenvalue weighted by Crippen LogP contribution is 2.19. The number of nitrogens with one attached hydrogen (secondary N) is 1. The minimum atomic E-state index is -1.10. The molecule has 0 radical (unpaired) electrons. The number of benzene rings is 2. The summed E-state index contributed by atoms with van der Waals surface area (Å²) in [6.45, 7) is 1.72. The van der Waals surface area contributed by atoms with Crippen LogP contribution in [-0.2, 0) is 16.2 Å². The molecule has 0 aromatic heterocycles. The molecule has 114 valence electrons. The molecule has 22 heavy (non-hydrogen) atoms. The molecule has 0 saturated heterocycles. The van der Waals surface area contributed by atoms with Crippen molar-refractivity contribution in [3.8, 4) is 5.75 Å². The van der Waals surface area contributed by atoms with Crippen LogP contribution in [0.2, 0.25) is 0 Å². The van der Waals surface area contributed by atoms with E-state index < -0.39 is 17.9 Å². The fourth-order valence-electron chi connectivity index (χ4n) is 1.99. The number of carboxylic acids is 1. The molecule has 5 heteroatoms. The highest BCUT2D eigenvalue weighted by atomic mass is 16.5. The summed E-state index contributed by atoms with van der Waals surface area (Å²) in [5.41, 5.74) is 1.54. The lowest BCUT2D eigenvalue weighted by Gasteiger charge is -2.14. The summed E-state index contributed by atoms with van der Waals surface area (Å²) in [4.78, 5) is 22.2. The van der Waals surface area contributed by atoms with Gasteiger partial charge in [-0.3, -0.25) is 4.79 Å². The normalized spacial score (nSPS) is 11.5. The standard InChI is InChI=1S/C17H17NO4/c1-12(19)18-16(17(20)21)14-7-9-15(10-8-14)22-11-13-5-3-2-4-6-13/h2-10,16H,11H2,1H3,(H,18,19)(H,20,21). The van der Waals surface area contributed by atoms with Crippen molar-refractivity contribution in [1.82, 2.24) is 5.32 Å². The van der Waals surface area contributed by atoms with Crippen molar-refractivity contribution in [2.45, 2.75) is 19.6 Å². The van der Waals surface area contributed by atoms with Gasteiger partial charge in [0.15, 0.2) is 6.04 Å². The Hall–Kier alpha value is -2.82. The molecular formula is C17H17NO4. The van der Waals surface area contributed by atoms with Crippen molar-refractivity contribution in [3.63, 3.8) is 0 Å². The highest BCUT2D eigenvalue weighted by molar-refractivity contribution is 5.83. The van der Waals surface area contributed by atoms with Gasteiger partial charge in [0.05, 0.1) is 0 Å². The van der Waals surface area contributed by atoms with Crippen LogP contribution in [0.5, 0.6) is 5.75 Å². The van der Waals surface area contributed by atoms with Crippen LogP contribution < -0.4 is 10.1 Å². The summed E-state index contributed by atoms with van der Waals surface area (Å²) >= 11 is 0. The van der Waals surface area contributed by atoms with Crippen molar-refractivity contribution < 1.29 is 19.4 Å². The van der Waals surface area contributed by atoms with Gasteiger partial charge in [-0.2, -0.15) is 0 Å². The van der Waals surface area contributed by atoms with Gasteiger partial charge in [0.25, 0.3) is 0 Å². The predicted molar refractivity (Wildman–Crippen MR) is 81.4 cm³/mol. The van der Waals surface area contributed by atoms with Crippen LogP contribution in [0.25, 0.3) is 0 Å². The first kappa shape index (κ1) is 15.6. The van der Waals surface area contributed by atoms with E-state index in [1.54, 1.807) is 24.3 Å². The SMILES string of the molecule is CC(=O)NC(C(=O)O)c1ccc(OCc2ccccc2)cc1. The zero-order valence-corrected chi connectivity index (χ0v) is 12.2. The van der Waals surface area contributed by atoms with Gasteiger partial charge in [-0.25, -0.2) is 4.79 Å². The molecule has 0 heterocycles. The van der Waals surface area contributed by atoms with Crippen LogP contribution in [0.15, 0.2) is 54.6 Å². The zero-order valence-electron chi connectivity index (χ0n) is 12.2. The van der Waals surface area contributed by atoms with Gasteiger partial charge >= 0.3 is 5.97 Å². The fourth-order valence-corrected chi connectivity index (χ4v) is 1.99. The van der Waals surface area contributed by atoms with Crippen LogP contribution in [0, 0.1) is 0 Å². The molecule has 1 amide bonds. The maximum atomic E-state index is 11.2. The molecule has 1 atom stereocenters. The molecular weight excluding hydrogens is 282 g/mol. The Balaban J connectivity index is 2.02. The minimum Gasteiger partial charge on any atom is -0.489 e. The average molecular weight is 299 g/mol. The number of aliphatic carboxylic acids is 1. The van der Waals surface area contributed by atoms with Crippen molar-refractivity contribution in [3.05, 3.63) is 65.7 Å². The van der Waals surface area contributed by atoms with Crippen molar-refractivity contribution in [2.75, 3.05) is 0 Å². The number of ether oxygens (including phenoxy) is 1. The van der Waals surface area contributed by atoms with E-state index in [9.17, 15) is 9.59 Å². The number of hydrogen-bond acceptors (Lipinski definition) is 3. The lowest BCUT2D eigenvalue weighted by molar-refractivity contribution is -0.141. The molecule has 0 aliphatic carbocycles. The second-order valence-corrected chi connectivity index (χ2v) is 4.82. The molecule has 0 fully saturated rings. The molecule has 2 aromatic rings. The Morgan fingerprint density at radius 3 is 2.27 bits per heavy atom. The molecule has 0 bridgehead atoms. The van der Waals surface area contributed by atoms with E-state index in [4.69, 9.17) is 9.84 Å². The summed E-state index contributed by atoms with van der Waals surface area (Å²) in [6, 6.07) is 15.3. The van der Waals surface area contributed by atoms with Gasteiger partial charge in [-0.1, -0.05) is 42.5 Å². The first-order valence-corrected chi connectivity index (χ1v) is 6.83. The van der Waals surface area contributed by atoms with Crippen LogP contribution in [0.4, 0.5) is 0 Å².